The van der Waals surface area contributed by atoms with Crippen molar-refractivity contribution in [2.45, 2.75) is 57.6 Å². The molecular weight excluding hydrogens is 593 g/mol. The number of rotatable bonds is 9. The molecule has 7 nitrogen and oxygen atoms in total. The van der Waals surface area contributed by atoms with Gasteiger partial charge in [0.1, 0.15) is 12.6 Å². The van der Waals surface area contributed by atoms with Gasteiger partial charge in [0.25, 0.3) is 10.0 Å². The second kappa shape index (κ2) is 12.8. The lowest BCUT2D eigenvalue weighted by atomic mass is 10.1. The lowest BCUT2D eigenvalue weighted by molar-refractivity contribution is -0.140. The van der Waals surface area contributed by atoms with E-state index in [4.69, 9.17) is 34.8 Å². The van der Waals surface area contributed by atoms with Crippen molar-refractivity contribution in [3.8, 4) is 0 Å². The van der Waals surface area contributed by atoms with Crippen LogP contribution in [0.25, 0.3) is 0 Å². The van der Waals surface area contributed by atoms with Crippen LogP contribution in [0.4, 0.5) is 5.69 Å². The average molecular weight is 625 g/mol. The number of carbonyl (C=O) groups excluding carboxylic acids is 2. The van der Waals surface area contributed by atoms with E-state index in [0.717, 1.165) is 9.87 Å². The van der Waals surface area contributed by atoms with Gasteiger partial charge in [-0.05, 0) is 76.6 Å². The zero-order chi connectivity index (χ0) is 29.8. The Kier molecular flexibility index (Phi) is 10.2. The van der Waals surface area contributed by atoms with Gasteiger partial charge in [0, 0.05) is 32.7 Å². The fourth-order valence-electron chi connectivity index (χ4n) is 3.90. The number of carbonyl (C=O) groups is 2. The Bertz CT molecular complexity index is 1470. The topological polar surface area (TPSA) is 86.8 Å². The van der Waals surface area contributed by atoms with Gasteiger partial charge in [0.15, 0.2) is 0 Å². The molecule has 3 aromatic rings. The zero-order valence-corrected chi connectivity index (χ0v) is 26.0. The first-order valence-corrected chi connectivity index (χ1v) is 15.1. The Balaban J connectivity index is 2.09. The summed E-state index contributed by atoms with van der Waals surface area (Å²) in [5.41, 5.74) is 0.820. The van der Waals surface area contributed by atoms with Crippen molar-refractivity contribution in [2.24, 2.45) is 0 Å². The number of benzene rings is 3. The van der Waals surface area contributed by atoms with Crippen LogP contribution in [-0.4, -0.2) is 43.3 Å². The molecule has 0 aliphatic rings. The summed E-state index contributed by atoms with van der Waals surface area (Å²) in [6, 6.07) is 16.5. The monoisotopic (exact) mass is 623 g/mol. The van der Waals surface area contributed by atoms with E-state index in [2.05, 4.69) is 5.32 Å². The molecule has 0 spiro atoms. The number of hydrogen-bond acceptors (Lipinski definition) is 4. The molecule has 0 aromatic heterocycles. The number of nitrogens with one attached hydrogen (secondary N) is 1. The van der Waals surface area contributed by atoms with Crippen LogP contribution >= 0.6 is 34.8 Å². The second-order valence-corrected chi connectivity index (χ2v) is 13.5. The minimum atomic E-state index is -4.20. The molecule has 0 saturated carbocycles. The highest BCUT2D eigenvalue weighted by Gasteiger charge is 2.34. The molecule has 0 heterocycles. The highest BCUT2D eigenvalue weighted by atomic mass is 35.5. The molecule has 214 valence electrons. The van der Waals surface area contributed by atoms with Crippen molar-refractivity contribution in [3.05, 3.63) is 92.9 Å². The summed E-state index contributed by atoms with van der Waals surface area (Å²) >= 11 is 19.2. The van der Waals surface area contributed by atoms with Gasteiger partial charge in [-0.2, -0.15) is 0 Å². The Morgan fingerprint density at radius 2 is 1.50 bits per heavy atom. The molecule has 0 radical (unpaired) electrons. The number of halogens is 3. The van der Waals surface area contributed by atoms with Crippen LogP contribution in [0.2, 0.25) is 15.1 Å². The smallest absolute Gasteiger partial charge is 0.264 e. The maximum absolute atomic E-state index is 14.0. The van der Waals surface area contributed by atoms with Crippen LogP contribution in [0.1, 0.15) is 38.8 Å². The maximum Gasteiger partial charge on any atom is 0.264 e. The fourth-order valence-corrected chi connectivity index (χ4v) is 6.01. The molecule has 1 atom stereocenters. The Morgan fingerprint density at radius 1 is 0.900 bits per heavy atom. The summed E-state index contributed by atoms with van der Waals surface area (Å²) in [4.78, 5) is 28.5. The largest absolute Gasteiger partial charge is 0.350 e. The van der Waals surface area contributed by atoms with Crippen molar-refractivity contribution in [1.82, 2.24) is 10.2 Å². The number of nitrogens with zero attached hydrogens (tertiary/aromatic N) is 2. The number of amides is 2. The molecule has 2 amide bonds. The van der Waals surface area contributed by atoms with Crippen LogP contribution in [0.5, 0.6) is 0 Å². The Labute approximate surface area is 251 Å². The maximum atomic E-state index is 14.0. The van der Waals surface area contributed by atoms with E-state index in [-0.39, 0.29) is 17.1 Å². The summed E-state index contributed by atoms with van der Waals surface area (Å²) in [6.07, 6.45) is 0. The minimum absolute atomic E-state index is 0.00119. The third-order valence-corrected chi connectivity index (χ3v) is 9.01. The molecule has 11 heteroatoms. The van der Waals surface area contributed by atoms with Crippen molar-refractivity contribution in [2.75, 3.05) is 10.8 Å². The summed E-state index contributed by atoms with van der Waals surface area (Å²) in [7, 11) is -4.20. The molecule has 40 heavy (non-hydrogen) atoms. The molecule has 3 aromatic carbocycles. The first-order valence-electron chi connectivity index (χ1n) is 12.5. The quantitative estimate of drug-likeness (QED) is 0.295. The zero-order valence-electron chi connectivity index (χ0n) is 22.9. The van der Waals surface area contributed by atoms with Crippen LogP contribution in [-0.2, 0) is 26.2 Å². The number of aryl methyl sites for hydroxylation is 1. The molecule has 0 unspecified atom stereocenters. The van der Waals surface area contributed by atoms with Gasteiger partial charge in [-0.25, -0.2) is 8.42 Å². The lowest BCUT2D eigenvalue weighted by Gasteiger charge is -2.34. The van der Waals surface area contributed by atoms with Gasteiger partial charge >= 0.3 is 0 Å². The predicted octanol–water partition coefficient (Wildman–Crippen LogP) is 6.48. The molecule has 0 saturated heterocycles. The van der Waals surface area contributed by atoms with Gasteiger partial charge in [-0.3, -0.25) is 13.9 Å². The van der Waals surface area contributed by atoms with Gasteiger partial charge < -0.3 is 10.2 Å². The van der Waals surface area contributed by atoms with Crippen LogP contribution < -0.4 is 9.62 Å². The third-order valence-electron chi connectivity index (χ3n) is 6.11. The Hall–Kier alpha value is -2.78. The van der Waals surface area contributed by atoms with Gasteiger partial charge in [0.2, 0.25) is 11.8 Å². The molecule has 0 fully saturated rings. The van der Waals surface area contributed by atoms with E-state index in [1.54, 1.807) is 62.4 Å². The highest BCUT2D eigenvalue weighted by molar-refractivity contribution is 7.92. The molecule has 0 bridgehead atoms. The molecular formula is C29H32Cl3N3O4S. The van der Waals surface area contributed by atoms with Gasteiger partial charge in [0.05, 0.1) is 10.6 Å². The van der Waals surface area contributed by atoms with E-state index < -0.39 is 40.0 Å². The average Bonchev–Trinajstić information content (AvgIpc) is 2.88. The third kappa shape index (κ3) is 7.69. The molecule has 1 N–H and O–H groups in total. The minimum Gasteiger partial charge on any atom is -0.350 e. The first-order chi connectivity index (χ1) is 18.6. The van der Waals surface area contributed by atoms with Crippen LogP contribution in [0.3, 0.4) is 0 Å². The Morgan fingerprint density at radius 3 is 2.05 bits per heavy atom. The van der Waals surface area contributed by atoms with Crippen molar-refractivity contribution in [3.63, 3.8) is 0 Å². The summed E-state index contributed by atoms with van der Waals surface area (Å²) < 4.78 is 28.7. The van der Waals surface area contributed by atoms with E-state index in [1.165, 1.54) is 23.1 Å². The summed E-state index contributed by atoms with van der Waals surface area (Å²) in [6.45, 7) is 8.11. The summed E-state index contributed by atoms with van der Waals surface area (Å²) in [5.74, 6) is -1.05. The van der Waals surface area contributed by atoms with Gasteiger partial charge in [-0.15, -0.1) is 0 Å². The molecule has 0 aliphatic heterocycles. The molecule has 3 rings (SSSR count). The van der Waals surface area contributed by atoms with E-state index in [1.807, 2.05) is 20.8 Å². The number of hydrogen-bond donors (Lipinski definition) is 1. The second-order valence-electron chi connectivity index (χ2n) is 10.4. The number of anilines is 1. The lowest BCUT2D eigenvalue weighted by Crippen LogP contribution is -2.54. The normalized spacial score (nSPS) is 12.5. The van der Waals surface area contributed by atoms with E-state index in [0.29, 0.717) is 20.6 Å². The number of sulfonamides is 1. The van der Waals surface area contributed by atoms with Crippen molar-refractivity contribution in [1.29, 1.82) is 0 Å². The predicted molar refractivity (Wildman–Crippen MR) is 162 cm³/mol. The van der Waals surface area contributed by atoms with Crippen molar-refractivity contribution < 1.29 is 18.0 Å². The van der Waals surface area contributed by atoms with E-state index in [9.17, 15) is 18.0 Å². The SMILES string of the molecule is Cc1ccc(N(CC(=O)N(Cc2c(Cl)cccc2Cl)[C@@H](C)C(=O)NC(C)(C)C)S(=O)(=O)c2ccccc2)cc1Cl. The van der Waals surface area contributed by atoms with Crippen LogP contribution in [0.15, 0.2) is 71.6 Å². The summed E-state index contributed by atoms with van der Waals surface area (Å²) in [5, 5.41) is 3.84. The van der Waals surface area contributed by atoms with Crippen LogP contribution in [0, 0.1) is 6.92 Å². The van der Waals surface area contributed by atoms with E-state index >= 15 is 0 Å². The van der Waals surface area contributed by atoms with Crippen molar-refractivity contribution >= 4 is 62.3 Å². The first kappa shape index (κ1) is 31.7. The standard InChI is InChI=1S/C29H32Cl3N3O4S/c1-19-14-15-21(16-26(19)32)35(40(38,39)22-10-7-6-8-11-22)18-27(36)34(20(2)28(37)33-29(3,4)5)17-23-24(30)12-9-13-25(23)31/h6-16,20H,17-18H2,1-5H3,(H,33,37)/t20-/m0/s1. The highest BCUT2D eigenvalue weighted by Crippen LogP contribution is 2.30. The fraction of sp³-hybridized carbons (Fsp3) is 0.310. The molecule has 0 aliphatic carbocycles. The van der Waals surface area contributed by atoms with Gasteiger partial charge in [-0.1, -0.05) is 65.1 Å².